The van der Waals surface area contributed by atoms with Gasteiger partial charge in [-0.15, -0.1) is 34.0 Å². The Morgan fingerprint density at radius 3 is 2.02 bits per heavy atom. The van der Waals surface area contributed by atoms with E-state index in [1.807, 2.05) is 18.2 Å². The molecule has 4 heterocycles. The van der Waals surface area contributed by atoms with Crippen LogP contribution in [-0.2, 0) is 5.60 Å². The van der Waals surface area contributed by atoms with Gasteiger partial charge in [0.1, 0.15) is 46.8 Å². The number of carbonyl (C=O) groups excluding carboxylic acids is 1. The lowest BCUT2D eigenvalue weighted by molar-refractivity contribution is 0.0250. The highest BCUT2D eigenvalue weighted by Crippen LogP contribution is 2.57. The number of hydrogen-bond acceptors (Lipinski definition) is 9. The van der Waals surface area contributed by atoms with Gasteiger partial charge in [-0.05, 0) is 79.8 Å². The fourth-order valence-electron chi connectivity index (χ4n) is 7.21. The molecule has 0 radical (unpaired) electrons. The van der Waals surface area contributed by atoms with E-state index in [1.165, 1.54) is 28.7 Å². The summed E-state index contributed by atoms with van der Waals surface area (Å²) in [6, 6.07) is 14.7. The number of Topliss-reactive ketones (excluding diaryl/α,β-unsaturated/α-hetero) is 1. The molecule has 13 heteroatoms. The number of halogens is 4. The van der Waals surface area contributed by atoms with E-state index in [0.717, 1.165) is 87.9 Å². The Morgan fingerprint density at radius 1 is 0.712 bits per heavy atom. The quantitative estimate of drug-likeness (QED) is 0.101. The van der Waals surface area contributed by atoms with Gasteiger partial charge in [-0.2, -0.15) is 21.0 Å². The molecule has 3 aromatic heterocycles. The van der Waals surface area contributed by atoms with E-state index >= 15 is 0 Å². The van der Waals surface area contributed by atoms with Crippen molar-refractivity contribution in [3.05, 3.63) is 107 Å². The summed E-state index contributed by atoms with van der Waals surface area (Å²) < 4.78 is 64.8. The van der Waals surface area contributed by atoms with Crippen LogP contribution in [0.15, 0.2) is 47.5 Å². The van der Waals surface area contributed by atoms with Gasteiger partial charge in [-0.3, -0.25) is 4.79 Å². The van der Waals surface area contributed by atoms with Crippen molar-refractivity contribution in [1.82, 2.24) is 0 Å². The smallest absolute Gasteiger partial charge is 0.194 e. The molecular weight excluding hydrogens is 729 g/mol. The predicted octanol–water partition coefficient (Wildman–Crippen LogP) is 8.91. The molecule has 0 bridgehead atoms. The zero-order valence-corrected chi connectivity index (χ0v) is 28.9. The number of fused-ring (bicyclic) bond motifs is 6. The number of carbonyl (C=O) groups is 1. The van der Waals surface area contributed by atoms with Gasteiger partial charge >= 0.3 is 0 Å². The van der Waals surface area contributed by atoms with Crippen LogP contribution in [0.5, 0.6) is 5.75 Å². The van der Waals surface area contributed by atoms with E-state index in [9.17, 15) is 43.4 Å². The Morgan fingerprint density at radius 2 is 1.33 bits per heavy atom. The van der Waals surface area contributed by atoms with Crippen LogP contribution in [0.2, 0.25) is 0 Å². The van der Waals surface area contributed by atoms with Crippen molar-refractivity contribution < 1.29 is 27.1 Å². The predicted molar refractivity (Wildman–Crippen MR) is 189 cm³/mol. The molecule has 0 saturated heterocycles. The third-order valence-corrected chi connectivity index (χ3v) is 12.9. The van der Waals surface area contributed by atoms with Crippen molar-refractivity contribution >= 4 is 73.2 Å². The molecule has 2 aliphatic carbocycles. The number of hydrogen-bond donors (Lipinski definition) is 0. The Labute approximate surface area is 304 Å². The van der Waals surface area contributed by atoms with Crippen LogP contribution in [0.4, 0.5) is 17.6 Å². The Kier molecular flexibility index (Phi) is 7.97. The van der Waals surface area contributed by atoms with Gasteiger partial charge in [-0.1, -0.05) is 6.42 Å². The van der Waals surface area contributed by atoms with E-state index < -0.39 is 40.2 Å². The second-order valence-corrected chi connectivity index (χ2v) is 15.7. The number of nitrogens with zero attached hydrogens (tertiary/aromatic N) is 4. The van der Waals surface area contributed by atoms with Crippen molar-refractivity contribution in [2.75, 3.05) is 0 Å². The molecule has 52 heavy (non-hydrogen) atoms. The molecule has 0 unspecified atom stereocenters. The highest BCUT2D eigenvalue weighted by molar-refractivity contribution is 7.23. The van der Waals surface area contributed by atoms with E-state index in [4.69, 9.17) is 4.74 Å². The van der Waals surface area contributed by atoms with Crippen molar-refractivity contribution in [2.24, 2.45) is 0 Å². The Balaban J connectivity index is 1.31. The number of benzene rings is 2. The summed E-state index contributed by atoms with van der Waals surface area (Å²) >= 11 is 3.89. The standard InChI is InChI=1S/C39H18F4N4O2S3/c40-27-10-22-23(11-28(27)41)36(48)25(34(22)18(14-44)15-45)6-20-8-31-38(51-20)37-26(39(49-31)4-2-1-3-5-39)7-21(50-37)9-33-35(19(16-46)17-47)24-12-29(42)30(43)13-32(24)52-33/h6-13H,1-5H2/b25-6-,33-9-. The fraction of sp³-hybridized carbons (Fsp3) is 0.154. The van der Waals surface area contributed by atoms with Crippen molar-refractivity contribution in [3.63, 3.8) is 0 Å². The average molecular weight is 747 g/mol. The lowest BCUT2D eigenvalue weighted by atomic mass is 9.78. The third kappa shape index (κ3) is 5.09. The molecule has 6 nitrogen and oxygen atoms in total. The summed E-state index contributed by atoms with van der Waals surface area (Å²) in [6.07, 6.45) is 7.66. The Hall–Kier alpha value is -5.83. The number of nitriles is 4. The van der Waals surface area contributed by atoms with Gasteiger partial charge in [-0.25, -0.2) is 17.6 Å². The van der Waals surface area contributed by atoms with Crippen LogP contribution < -0.4 is 14.5 Å². The van der Waals surface area contributed by atoms with Gasteiger partial charge in [0.25, 0.3) is 0 Å². The summed E-state index contributed by atoms with van der Waals surface area (Å²) in [6.45, 7) is 0. The van der Waals surface area contributed by atoms with Crippen LogP contribution >= 0.6 is 34.0 Å². The first kappa shape index (κ1) is 33.3. The first-order valence-corrected chi connectivity index (χ1v) is 18.3. The first-order valence-electron chi connectivity index (χ1n) is 15.8. The maximum atomic E-state index is 14.3. The first-order chi connectivity index (χ1) is 25.1. The number of thiophene rings is 3. The topological polar surface area (TPSA) is 121 Å². The van der Waals surface area contributed by atoms with E-state index in [0.29, 0.717) is 19.9 Å². The van der Waals surface area contributed by atoms with E-state index in [-0.39, 0.29) is 38.5 Å². The molecule has 3 aliphatic rings. The SMILES string of the molecule is N#CC(C#N)=C1/C(=C/c2cc3c(s2)-c2sc(/C=c4\sc5cc(F)c(F)cc5c4=C(C#N)C#N)cc2C2(CCCCC2)O3)C(=O)c2cc(F)c(F)cc21. The summed E-state index contributed by atoms with van der Waals surface area (Å²) in [4.78, 5) is 16.5. The van der Waals surface area contributed by atoms with Crippen molar-refractivity contribution in [2.45, 2.75) is 37.7 Å². The molecule has 0 N–H and O–H groups in total. The van der Waals surface area contributed by atoms with Crippen molar-refractivity contribution in [3.8, 4) is 39.8 Å². The van der Waals surface area contributed by atoms with Gasteiger partial charge in [0.2, 0.25) is 0 Å². The van der Waals surface area contributed by atoms with Crippen LogP contribution in [0, 0.1) is 68.6 Å². The summed E-state index contributed by atoms with van der Waals surface area (Å²) in [5, 5.41) is 39.4. The second-order valence-electron chi connectivity index (χ2n) is 12.4. The maximum absolute atomic E-state index is 14.3. The molecule has 1 fully saturated rings. The van der Waals surface area contributed by atoms with E-state index in [2.05, 4.69) is 0 Å². The molecule has 0 atom stereocenters. The zero-order valence-electron chi connectivity index (χ0n) is 26.5. The summed E-state index contributed by atoms with van der Waals surface area (Å²) in [5.74, 6) is -4.65. The lowest BCUT2D eigenvalue weighted by Gasteiger charge is -2.40. The summed E-state index contributed by atoms with van der Waals surface area (Å²) in [7, 11) is 0. The van der Waals surface area contributed by atoms with Gasteiger partial charge in [0.15, 0.2) is 29.1 Å². The van der Waals surface area contributed by atoms with Crippen LogP contribution in [-0.4, -0.2) is 5.78 Å². The Bertz CT molecular complexity index is 2790. The largest absolute Gasteiger partial charge is 0.481 e. The fourth-order valence-corrected chi connectivity index (χ4v) is 10.8. The number of ketones is 1. The van der Waals surface area contributed by atoms with E-state index in [1.54, 1.807) is 24.3 Å². The highest BCUT2D eigenvalue weighted by Gasteiger charge is 2.44. The highest BCUT2D eigenvalue weighted by atomic mass is 32.1. The third-order valence-electron chi connectivity index (χ3n) is 9.49. The monoisotopic (exact) mass is 746 g/mol. The molecule has 1 aliphatic heterocycles. The minimum absolute atomic E-state index is 0.0352. The molecular formula is C39H18F4N4O2S3. The number of rotatable bonds is 2. The lowest BCUT2D eigenvalue weighted by Crippen LogP contribution is -2.37. The minimum atomic E-state index is -1.23. The molecule has 2 aromatic carbocycles. The normalized spacial score (nSPS) is 16.5. The average Bonchev–Trinajstić information content (AvgIpc) is 3.88. The number of ether oxygens (including phenoxy) is 1. The number of allylic oxidation sites excluding steroid dienone is 3. The second kappa shape index (κ2) is 12.4. The van der Waals surface area contributed by atoms with Crippen LogP contribution in [0.3, 0.4) is 0 Å². The molecule has 0 amide bonds. The van der Waals surface area contributed by atoms with Gasteiger partial charge < -0.3 is 4.74 Å². The van der Waals surface area contributed by atoms with Gasteiger partial charge in [0.05, 0.1) is 9.75 Å². The molecule has 5 aromatic rings. The van der Waals surface area contributed by atoms with Crippen molar-refractivity contribution in [1.29, 1.82) is 21.0 Å². The molecule has 8 rings (SSSR count). The zero-order chi connectivity index (χ0) is 36.5. The minimum Gasteiger partial charge on any atom is -0.481 e. The summed E-state index contributed by atoms with van der Waals surface area (Å²) in [5.41, 5.74) is -0.649. The van der Waals surface area contributed by atoms with Crippen LogP contribution in [0.25, 0.3) is 43.1 Å². The molecule has 1 spiro atoms. The molecule has 1 saturated carbocycles. The molecule has 252 valence electrons. The van der Waals surface area contributed by atoms with Crippen LogP contribution in [0.1, 0.15) is 63.3 Å². The maximum Gasteiger partial charge on any atom is 0.194 e. The van der Waals surface area contributed by atoms with Gasteiger partial charge in [0, 0.05) is 51.9 Å².